The van der Waals surface area contributed by atoms with Crippen LogP contribution in [0.15, 0.2) is 16.5 Å². The molecule has 96 valence electrons. The number of furan rings is 1. The van der Waals surface area contributed by atoms with Crippen molar-refractivity contribution in [2.75, 3.05) is 0 Å². The van der Waals surface area contributed by atoms with Gasteiger partial charge in [-0.1, -0.05) is 18.7 Å². The summed E-state index contributed by atoms with van der Waals surface area (Å²) in [6.45, 7) is 3.84. The van der Waals surface area contributed by atoms with Crippen LogP contribution in [0, 0.1) is 0 Å². The lowest BCUT2D eigenvalue weighted by Gasteiger charge is -2.09. The van der Waals surface area contributed by atoms with Crippen molar-refractivity contribution in [2.45, 2.75) is 37.8 Å². The molecule has 0 aliphatic rings. The summed E-state index contributed by atoms with van der Waals surface area (Å²) in [5.74, 6) is -2.14. The van der Waals surface area contributed by atoms with Gasteiger partial charge in [0.2, 0.25) is 0 Å². The zero-order chi connectivity index (χ0) is 12.8. The average molecular weight is 263 g/mol. The van der Waals surface area contributed by atoms with E-state index in [-0.39, 0.29) is 23.5 Å². The first-order valence-corrected chi connectivity index (χ1v) is 6.37. The number of halogens is 2. The molecule has 0 aliphatic carbocycles. The van der Waals surface area contributed by atoms with Crippen molar-refractivity contribution in [3.05, 3.63) is 23.7 Å². The molecule has 0 aromatic carbocycles. The van der Waals surface area contributed by atoms with E-state index in [0.717, 1.165) is 6.42 Å². The molecule has 0 aliphatic heterocycles. The van der Waals surface area contributed by atoms with Crippen LogP contribution in [0.25, 0.3) is 0 Å². The molecule has 3 nitrogen and oxygen atoms in total. The van der Waals surface area contributed by atoms with E-state index in [4.69, 9.17) is 4.42 Å². The molecule has 0 spiro atoms. The van der Waals surface area contributed by atoms with Crippen LogP contribution in [0.4, 0.5) is 8.78 Å². The number of nitrogens with one attached hydrogen (secondary N) is 1. The van der Waals surface area contributed by atoms with Crippen LogP contribution in [0.1, 0.15) is 36.6 Å². The van der Waals surface area contributed by atoms with Crippen molar-refractivity contribution in [2.24, 2.45) is 0 Å². The smallest absolute Gasteiger partial charge is 0.287 e. The van der Waals surface area contributed by atoms with E-state index in [2.05, 4.69) is 5.32 Å². The Balaban J connectivity index is 2.52. The van der Waals surface area contributed by atoms with E-state index in [1.165, 1.54) is 6.07 Å². The zero-order valence-electron chi connectivity index (χ0n) is 9.70. The van der Waals surface area contributed by atoms with Gasteiger partial charge < -0.3 is 9.73 Å². The molecule has 0 saturated heterocycles. The van der Waals surface area contributed by atoms with Crippen LogP contribution < -0.4 is 5.32 Å². The monoisotopic (exact) mass is 263 g/mol. The predicted octanol–water partition coefficient (Wildman–Crippen LogP) is 3.26. The molecule has 0 radical (unpaired) electrons. The van der Waals surface area contributed by atoms with E-state index < -0.39 is 5.76 Å². The number of rotatable bonds is 6. The van der Waals surface area contributed by atoms with Crippen LogP contribution in [-0.2, 0) is 5.75 Å². The van der Waals surface area contributed by atoms with Crippen molar-refractivity contribution >= 4 is 17.7 Å². The highest BCUT2D eigenvalue weighted by atomic mass is 32.2. The summed E-state index contributed by atoms with van der Waals surface area (Å²) in [4.78, 5) is 11.6. The lowest BCUT2D eigenvalue weighted by atomic mass is 10.2. The Kier molecular flexibility index (Phi) is 5.47. The summed E-state index contributed by atoms with van der Waals surface area (Å²) >= 11 is 0.469. The van der Waals surface area contributed by atoms with E-state index in [9.17, 15) is 13.6 Å². The number of thioether (sulfide) groups is 1. The minimum atomic E-state index is -2.43. The molecule has 17 heavy (non-hydrogen) atoms. The highest BCUT2D eigenvalue weighted by molar-refractivity contribution is 7.98. The van der Waals surface area contributed by atoms with Crippen LogP contribution in [-0.4, -0.2) is 17.7 Å². The van der Waals surface area contributed by atoms with Gasteiger partial charge in [0, 0.05) is 6.04 Å². The SMILES string of the molecule is CCC(C)NC(=O)c1ccc(CSC(F)F)o1. The van der Waals surface area contributed by atoms with Gasteiger partial charge in [-0.25, -0.2) is 0 Å². The fourth-order valence-corrected chi connectivity index (χ4v) is 1.57. The second-order valence-corrected chi connectivity index (χ2v) is 4.60. The summed E-state index contributed by atoms with van der Waals surface area (Å²) in [5.41, 5.74) is 0. The maximum atomic E-state index is 11.9. The van der Waals surface area contributed by atoms with Crippen LogP contribution in [0.3, 0.4) is 0 Å². The lowest BCUT2D eigenvalue weighted by Crippen LogP contribution is -2.31. The first-order chi connectivity index (χ1) is 8.02. The number of alkyl halides is 2. The third-order valence-corrected chi connectivity index (χ3v) is 2.93. The third-order valence-electron chi connectivity index (χ3n) is 2.23. The molecule has 0 fully saturated rings. The van der Waals surface area contributed by atoms with Gasteiger partial charge in [0.05, 0.1) is 5.75 Å². The normalized spacial score (nSPS) is 12.8. The topological polar surface area (TPSA) is 42.2 Å². The number of hydrogen-bond acceptors (Lipinski definition) is 3. The minimum Gasteiger partial charge on any atom is -0.455 e. The summed E-state index contributed by atoms with van der Waals surface area (Å²) < 4.78 is 29.1. The summed E-state index contributed by atoms with van der Waals surface area (Å²) in [7, 11) is 0. The Hall–Kier alpha value is -1.04. The zero-order valence-corrected chi connectivity index (χ0v) is 10.5. The summed E-state index contributed by atoms with van der Waals surface area (Å²) in [5, 5.41) is 2.74. The molecule has 1 amide bonds. The van der Waals surface area contributed by atoms with Gasteiger partial charge in [-0.2, -0.15) is 8.78 Å². The molecule has 0 bridgehead atoms. The fourth-order valence-electron chi connectivity index (χ4n) is 1.12. The Bertz CT molecular complexity index is 368. The average Bonchev–Trinajstić information content (AvgIpc) is 2.74. The van der Waals surface area contributed by atoms with Crippen molar-refractivity contribution in [3.8, 4) is 0 Å². The van der Waals surface area contributed by atoms with E-state index in [1.807, 2.05) is 13.8 Å². The van der Waals surface area contributed by atoms with Crippen molar-refractivity contribution in [3.63, 3.8) is 0 Å². The van der Waals surface area contributed by atoms with Crippen molar-refractivity contribution in [1.29, 1.82) is 0 Å². The highest BCUT2D eigenvalue weighted by Gasteiger charge is 2.13. The molecule has 0 saturated carbocycles. The Labute approximate surface area is 103 Å². The van der Waals surface area contributed by atoms with Crippen molar-refractivity contribution in [1.82, 2.24) is 5.32 Å². The molecule has 1 aromatic rings. The second-order valence-electron chi connectivity index (χ2n) is 3.62. The Morgan fingerprint density at radius 2 is 2.24 bits per heavy atom. The highest BCUT2D eigenvalue weighted by Crippen LogP contribution is 2.21. The number of carbonyl (C=O) groups excluding carboxylic acids is 1. The molecule has 1 atom stereocenters. The number of carbonyl (C=O) groups is 1. The molecular weight excluding hydrogens is 248 g/mol. The van der Waals surface area contributed by atoms with Gasteiger partial charge in [0.15, 0.2) is 5.76 Å². The lowest BCUT2D eigenvalue weighted by molar-refractivity contribution is 0.0910. The van der Waals surface area contributed by atoms with Gasteiger partial charge in [-0.15, -0.1) is 0 Å². The molecule has 1 unspecified atom stereocenters. The van der Waals surface area contributed by atoms with Crippen LogP contribution >= 0.6 is 11.8 Å². The van der Waals surface area contributed by atoms with Gasteiger partial charge in [-0.05, 0) is 25.5 Å². The first kappa shape index (κ1) is 14.0. The fraction of sp³-hybridized carbons (Fsp3) is 0.545. The summed E-state index contributed by atoms with van der Waals surface area (Å²) in [6.07, 6.45) is 0.820. The first-order valence-electron chi connectivity index (χ1n) is 5.32. The van der Waals surface area contributed by atoms with E-state index >= 15 is 0 Å². The molecule has 6 heteroatoms. The van der Waals surface area contributed by atoms with Gasteiger partial charge in [0.1, 0.15) is 5.76 Å². The predicted molar refractivity (Wildman–Crippen MR) is 63.2 cm³/mol. The number of hydrogen-bond donors (Lipinski definition) is 1. The van der Waals surface area contributed by atoms with E-state index in [1.54, 1.807) is 6.07 Å². The standard InChI is InChI=1S/C11H15F2NO2S/c1-3-7(2)14-10(15)9-5-4-8(16-9)6-17-11(12)13/h4-5,7,11H,3,6H2,1-2H3,(H,14,15). The summed E-state index contributed by atoms with van der Waals surface area (Å²) in [6, 6.07) is 3.10. The quantitative estimate of drug-likeness (QED) is 0.856. The van der Waals surface area contributed by atoms with Gasteiger partial charge >= 0.3 is 0 Å². The molecular formula is C11H15F2NO2S. The van der Waals surface area contributed by atoms with E-state index in [0.29, 0.717) is 17.5 Å². The van der Waals surface area contributed by atoms with Crippen LogP contribution in [0.2, 0.25) is 0 Å². The molecule has 1 heterocycles. The van der Waals surface area contributed by atoms with Gasteiger partial charge in [-0.3, -0.25) is 4.79 Å². The number of amides is 1. The van der Waals surface area contributed by atoms with Gasteiger partial charge in [0.25, 0.3) is 11.7 Å². The maximum Gasteiger partial charge on any atom is 0.287 e. The largest absolute Gasteiger partial charge is 0.455 e. The Morgan fingerprint density at radius 3 is 2.82 bits per heavy atom. The van der Waals surface area contributed by atoms with Crippen molar-refractivity contribution < 1.29 is 18.0 Å². The molecule has 1 rings (SSSR count). The maximum absolute atomic E-state index is 11.9. The minimum absolute atomic E-state index is 0.0616. The Morgan fingerprint density at radius 1 is 1.53 bits per heavy atom. The second kappa shape index (κ2) is 6.64. The third kappa shape index (κ3) is 4.77. The molecule has 1 N–H and O–H groups in total. The molecule has 1 aromatic heterocycles. The van der Waals surface area contributed by atoms with Crippen LogP contribution in [0.5, 0.6) is 0 Å².